The van der Waals surface area contributed by atoms with Crippen LogP contribution in [-0.2, 0) is 11.3 Å². The highest BCUT2D eigenvalue weighted by Gasteiger charge is 2.45. The third kappa shape index (κ3) is 3.92. The molecule has 2 aliphatic rings. The zero-order valence-electron chi connectivity index (χ0n) is 15.9. The molecule has 0 atom stereocenters. The molecule has 1 aromatic carbocycles. The van der Waals surface area contributed by atoms with Crippen molar-refractivity contribution in [2.45, 2.75) is 44.2 Å². The smallest absolute Gasteiger partial charge is 0.241 e. The van der Waals surface area contributed by atoms with Crippen LogP contribution in [0.1, 0.15) is 38.0 Å². The minimum absolute atomic E-state index is 0.185. The summed E-state index contributed by atoms with van der Waals surface area (Å²) in [6, 6.07) is 7.40. The van der Waals surface area contributed by atoms with E-state index in [4.69, 9.17) is 21.9 Å². The van der Waals surface area contributed by atoms with Crippen molar-refractivity contribution in [1.29, 1.82) is 0 Å². The van der Waals surface area contributed by atoms with E-state index in [0.717, 1.165) is 57.4 Å². The van der Waals surface area contributed by atoms with Crippen LogP contribution in [0.5, 0.6) is 0 Å². The summed E-state index contributed by atoms with van der Waals surface area (Å²) in [5, 5.41) is 4.71. The monoisotopic (exact) mass is 403 g/mol. The third-order valence-corrected chi connectivity index (χ3v) is 6.25. The Bertz CT molecular complexity index is 826. The van der Waals surface area contributed by atoms with Crippen molar-refractivity contribution >= 4 is 17.5 Å². The van der Waals surface area contributed by atoms with Gasteiger partial charge in [0, 0.05) is 23.7 Å². The number of rotatable bonds is 5. The van der Waals surface area contributed by atoms with Crippen LogP contribution >= 0.6 is 11.6 Å². The Morgan fingerprint density at radius 3 is 2.61 bits per heavy atom. The van der Waals surface area contributed by atoms with Gasteiger partial charge in [0.05, 0.1) is 6.54 Å². The van der Waals surface area contributed by atoms with Gasteiger partial charge < -0.3 is 10.3 Å². The quantitative estimate of drug-likeness (QED) is 0.825. The maximum Gasteiger partial charge on any atom is 0.241 e. The van der Waals surface area contributed by atoms with E-state index in [1.165, 1.54) is 6.42 Å². The van der Waals surface area contributed by atoms with E-state index >= 15 is 0 Å². The van der Waals surface area contributed by atoms with Crippen molar-refractivity contribution in [3.8, 4) is 11.4 Å². The van der Waals surface area contributed by atoms with Crippen molar-refractivity contribution in [3.05, 3.63) is 35.2 Å². The molecular weight excluding hydrogens is 378 g/mol. The molecule has 0 bridgehead atoms. The standard InChI is InChI=1S/C20H26ClN5O2/c21-16-6-4-5-15(13-16)18-23-17(28-24-18)14-25-11-7-20(8-12-25,19(22)27)26-9-2-1-3-10-26/h4-6,13H,1-3,7-12,14H2,(H2,22,27). The van der Waals surface area contributed by atoms with Crippen LogP contribution in [-0.4, -0.2) is 57.6 Å². The zero-order valence-corrected chi connectivity index (χ0v) is 16.7. The molecule has 0 unspecified atom stereocenters. The molecule has 8 heteroatoms. The number of carbonyl (C=O) groups is 1. The van der Waals surface area contributed by atoms with Gasteiger partial charge in [-0.15, -0.1) is 0 Å². The van der Waals surface area contributed by atoms with Gasteiger partial charge in [-0.05, 0) is 50.9 Å². The van der Waals surface area contributed by atoms with E-state index in [0.29, 0.717) is 23.3 Å². The largest absolute Gasteiger partial charge is 0.368 e. The Balaban J connectivity index is 1.39. The Morgan fingerprint density at radius 1 is 1.18 bits per heavy atom. The number of hydrogen-bond acceptors (Lipinski definition) is 6. The molecule has 1 aromatic heterocycles. The van der Waals surface area contributed by atoms with Crippen LogP contribution in [0.2, 0.25) is 5.02 Å². The number of halogens is 1. The van der Waals surface area contributed by atoms with E-state index in [9.17, 15) is 4.79 Å². The first-order valence-corrected chi connectivity index (χ1v) is 10.3. The summed E-state index contributed by atoms with van der Waals surface area (Å²) in [5.74, 6) is 0.920. The van der Waals surface area contributed by atoms with Crippen molar-refractivity contribution in [3.63, 3.8) is 0 Å². The van der Waals surface area contributed by atoms with Gasteiger partial charge in [0.15, 0.2) is 0 Å². The van der Waals surface area contributed by atoms with Crippen LogP contribution in [0.25, 0.3) is 11.4 Å². The number of likely N-dealkylation sites (tertiary alicyclic amines) is 2. The van der Waals surface area contributed by atoms with Gasteiger partial charge in [-0.1, -0.05) is 35.3 Å². The van der Waals surface area contributed by atoms with Gasteiger partial charge in [0.1, 0.15) is 5.54 Å². The summed E-state index contributed by atoms with van der Waals surface area (Å²) in [4.78, 5) is 21.4. The third-order valence-electron chi connectivity index (χ3n) is 6.01. The molecule has 3 heterocycles. The Labute approximate surface area is 169 Å². The maximum absolute atomic E-state index is 12.3. The van der Waals surface area contributed by atoms with Gasteiger partial charge in [-0.25, -0.2) is 0 Å². The topological polar surface area (TPSA) is 88.5 Å². The SMILES string of the molecule is NC(=O)C1(N2CCCCC2)CCN(Cc2nc(-c3cccc(Cl)c3)no2)CC1. The number of hydrogen-bond donors (Lipinski definition) is 1. The van der Waals surface area contributed by atoms with Crippen LogP contribution in [0, 0.1) is 0 Å². The van der Waals surface area contributed by atoms with Crippen LogP contribution in [0.3, 0.4) is 0 Å². The minimum atomic E-state index is -0.502. The van der Waals surface area contributed by atoms with Crippen molar-refractivity contribution in [2.24, 2.45) is 5.73 Å². The second-order valence-electron chi connectivity index (χ2n) is 7.74. The minimum Gasteiger partial charge on any atom is -0.368 e. The molecule has 0 radical (unpaired) electrons. The Kier molecular flexibility index (Phi) is 5.66. The molecule has 2 aliphatic heterocycles. The molecule has 4 rings (SSSR count). The molecule has 150 valence electrons. The van der Waals surface area contributed by atoms with Crippen molar-refractivity contribution in [1.82, 2.24) is 19.9 Å². The molecule has 0 spiro atoms. The van der Waals surface area contributed by atoms with Gasteiger partial charge in [-0.2, -0.15) is 4.98 Å². The fourth-order valence-corrected chi connectivity index (χ4v) is 4.57. The van der Waals surface area contributed by atoms with E-state index in [-0.39, 0.29) is 5.91 Å². The number of nitrogens with zero attached hydrogens (tertiary/aromatic N) is 4. The number of primary amides is 1. The fraction of sp³-hybridized carbons (Fsp3) is 0.550. The summed E-state index contributed by atoms with van der Waals surface area (Å²) in [6.07, 6.45) is 5.03. The normalized spacial score (nSPS) is 20.9. The predicted octanol–water partition coefficient (Wildman–Crippen LogP) is 2.70. The summed E-state index contributed by atoms with van der Waals surface area (Å²) >= 11 is 6.04. The second-order valence-corrected chi connectivity index (χ2v) is 8.18. The molecule has 0 saturated carbocycles. The lowest BCUT2D eigenvalue weighted by molar-refractivity contribution is -0.135. The average molecular weight is 404 g/mol. The highest BCUT2D eigenvalue weighted by Crippen LogP contribution is 2.32. The zero-order chi connectivity index (χ0) is 19.6. The lowest BCUT2D eigenvalue weighted by Crippen LogP contribution is -2.63. The van der Waals surface area contributed by atoms with Crippen LogP contribution in [0.4, 0.5) is 0 Å². The lowest BCUT2D eigenvalue weighted by atomic mass is 9.83. The highest BCUT2D eigenvalue weighted by molar-refractivity contribution is 6.30. The first-order chi connectivity index (χ1) is 13.6. The second kappa shape index (κ2) is 8.19. The van der Waals surface area contributed by atoms with Crippen molar-refractivity contribution in [2.75, 3.05) is 26.2 Å². The molecule has 7 nitrogen and oxygen atoms in total. The number of carbonyl (C=O) groups excluding carboxylic acids is 1. The van der Waals surface area contributed by atoms with Gasteiger partial charge in [0.2, 0.25) is 17.6 Å². The van der Waals surface area contributed by atoms with Gasteiger partial charge in [-0.3, -0.25) is 14.6 Å². The number of piperidine rings is 2. The molecule has 0 aliphatic carbocycles. The predicted molar refractivity (Wildman–Crippen MR) is 107 cm³/mol. The molecule has 2 saturated heterocycles. The summed E-state index contributed by atoms with van der Waals surface area (Å²) < 4.78 is 5.43. The number of amides is 1. The van der Waals surface area contributed by atoms with Gasteiger partial charge >= 0.3 is 0 Å². The first-order valence-electron chi connectivity index (χ1n) is 9.93. The Morgan fingerprint density at radius 2 is 1.93 bits per heavy atom. The lowest BCUT2D eigenvalue weighted by Gasteiger charge is -2.47. The van der Waals surface area contributed by atoms with Crippen molar-refractivity contribution < 1.29 is 9.32 Å². The number of aromatic nitrogens is 2. The molecule has 28 heavy (non-hydrogen) atoms. The highest BCUT2D eigenvalue weighted by atomic mass is 35.5. The number of benzene rings is 1. The molecule has 2 fully saturated rings. The van der Waals surface area contributed by atoms with E-state index < -0.39 is 5.54 Å². The van der Waals surface area contributed by atoms with Gasteiger partial charge in [0.25, 0.3) is 0 Å². The first kappa shape index (κ1) is 19.4. The maximum atomic E-state index is 12.3. The molecule has 1 amide bonds. The summed E-state index contributed by atoms with van der Waals surface area (Å²) in [6.45, 7) is 4.08. The van der Waals surface area contributed by atoms with Crippen LogP contribution < -0.4 is 5.73 Å². The molecular formula is C20H26ClN5O2. The summed E-state index contributed by atoms with van der Waals surface area (Å²) in [7, 11) is 0. The van der Waals surface area contributed by atoms with E-state index in [1.807, 2.05) is 24.3 Å². The van der Waals surface area contributed by atoms with E-state index in [1.54, 1.807) is 0 Å². The fourth-order valence-electron chi connectivity index (χ4n) is 4.38. The Hall–Kier alpha value is -1.96. The average Bonchev–Trinajstić information content (AvgIpc) is 3.18. The van der Waals surface area contributed by atoms with E-state index in [2.05, 4.69) is 19.9 Å². The molecule has 2 aromatic rings. The summed E-state index contributed by atoms with van der Waals surface area (Å²) in [5.41, 5.74) is 6.19. The molecule has 2 N–H and O–H groups in total. The van der Waals surface area contributed by atoms with Crippen LogP contribution in [0.15, 0.2) is 28.8 Å². The number of nitrogens with two attached hydrogens (primary N) is 1.